The molecule has 5 nitrogen and oxygen atoms in total. The first kappa shape index (κ1) is 15.5. The van der Waals surface area contributed by atoms with Crippen LogP contribution >= 0.6 is 11.8 Å². The van der Waals surface area contributed by atoms with Gasteiger partial charge in [0.05, 0.1) is 0 Å². The summed E-state index contributed by atoms with van der Waals surface area (Å²) < 4.78 is 0. The Hall–Kier alpha value is -0.850. The molecule has 2 heterocycles. The number of nitrogens with two attached hydrogens (primary N) is 1. The molecule has 1 aromatic heterocycles. The molecule has 1 aliphatic heterocycles. The highest BCUT2D eigenvalue weighted by Crippen LogP contribution is 2.14. The van der Waals surface area contributed by atoms with Gasteiger partial charge in [0.2, 0.25) is 5.95 Å². The summed E-state index contributed by atoms with van der Waals surface area (Å²) in [5.74, 6) is 3.24. The highest BCUT2D eigenvalue weighted by molar-refractivity contribution is 7.99. The van der Waals surface area contributed by atoms with Gasteiger partial charge in [0.15, 0.2) is 0 Å². The number of hydrogen-bond donors (Lipinski definition) is 1. The van der Waals surface area contributed by atoms with Crippen molar-refractivity contribution in [2.75, 3.05) is 49.1 Å². The lowest BCUT2D eigenvalue weighted by Crippen LogP contribution is -2.52. The Morgan fingerprint density at radius 2 is 1.95 bits per heavy atom. The van der Waals surface area contributed by atoms with Crippen LogP contribution in [0, 0.1) is 0 Å². The summed E-state index contributed by atoms with van der Waals surface area (Å²) in [6.07, 6.45) is 4.80. The van der Waals surface area contributed by atoms with Crippen molar-refractivity contribution in [1.29, 1.82) is 0 Å². The lowest BCUT2D eigenvalue weighted by Gasteiger charge is -2.39. The molecular formula is C14H25N5S. The molecule has 1 unspecified atom stereocenters. The molecule has 6 heteroatoms. The molecule has 0 aromatic carbocycles. The van der Waals surface area contributed by atoms with Crippen LogP contribution in [0.25, 0.3) is 0 Å². The molecule has 2 N–H and O–H groups in total. The van der Waals surface area contributed by atoms with Gasteiger partial charge < -0.3 is 10.6 Å². The lowest BCUT2D eigenvalue weighted by molar-refractivity contribution is 0.185. The minimum absolute atomic E-state index is 0.521. The van der Waals surface area contributed by atoms with Crippen LogP contribution in [0.3, 0.4) is 0 Å². The SMILES string of the molecule is CCSCCC(CN)N1CCN(c2ncccn2)CC1. The summed E-state index contributed by atoms with van der Waals surface area (Å²) in [6.45, 7) is 7.05. The third kappa shape index (κ3) is 4.33. The number of rotatable bonds is 7. The molecule has 1 saturated heterocycles. The van der Waals surface area contributed by atoms with E-state index in [9.17, 15) is 0 Å². The van der Waals surface area contributed by atoms with E-state index in [1.54, 1.807) is 12.4 Å². The van der Waals surface area contributed by atoms with E-state index in [0.29, 0.717) is 6.04 Å². The Kier molecular flexibility index (Phi) is 6.56. The molecule has 112 valence electrons. The molecule has 0 bridgehead atoms. The molecule has 2 rings (SSSR count). The number of aromatic nitrogens is 2. The fraction of sp³-hybridized carbons (Fsp3) is 0.714. The Morgan fingerprint density at radius 3 is 2.55 bits per heavy atom. The van der Waals surface area contributed by atoms with Crippen LogP contribution < -0.4 is 10.6 Å². The van der Waals surface area contributed by atoms with Gasteiger partial charge in [-0.3, -0.25) is 4.90 Å². The van der Waals surface area contributed by atoms with E-state index in [-0.39, 0.29) is 0 Å². The predicted molar refractivity (Wildman–Crippen MR) is 86.3 cm³/mol. The fourth-order valence-corrected chi connectivity index (χ4v) is 3.28. The maximum Gasteiger partial charge on any atom is 0.225 e. The van der Waals surface area contributed by atoms with Gasteiger partial charge in [0.1, 0.15) is 0 Å². The van der Waals surface area contributed by atoms with E-state index < -0.39 is 0 Å². The summed E-state index contributed by atoms with van der Waals surface area (Å²) in [6, 6.07) is 2.38. The van der Waals surface area contributed by atoms with Crippen molar-refractivity contribution in [3.63, 3.8) is 0 Å². The van der Waals surface area contributed by atoms with Crippen LogP contribution in [0.2, 0.25) is 0 Å². The van der Waals surface area contributed by atoms with E-state index in [4.69, 9.17) is 5.73 Å². The van der Waals surface area contributed by atoms with E-state index in [2.05, 4.69) is 26.7 Å². The zero-order valence-electron chi connectivity index (χ0n) is 12.2. The van der Waals surface area contributed by atoms with Crippen LogP contribution in [0.15, 0.2) is 18.5 Å². The van der Waals surface area contributed by atoms with Gasteiger partial charge >= 0.3 is 0 Å². The fourth-order valence-electron chi connectivity index (χ4n) is 2.55. The molecule has 0 saturated carbocycles. The van der Waals surface area contributed by atoms with Crippen LogP contribution in [-0.4, -0.2) is 65.1 Å². The van der Waals surface area contributed by atoms with Gasteiger partial charge in [0.25, 0.3) is 0 Å². The van der Waals surface area contributed by atoms with E-state index in [0.717, 1.165) is 38.7 Å². The summed E-state index contributed by atoms with van der Waals surface area (Å²) >= 11 is 2.00. The number of hydrogen-bond acceptors (Lipinski definition) is 6. The topological polar surface area (TPSA) is 58.3 Å². The highest BCUT2D eigenvalue weighted by Gasteiger charge is 2.23. The molecule has 0 amide bonds. The van der Waals surface area contributed by atoms with E-state index in [1.807, 2.05) is 17.8 Å². The molecule has 0 spiro atoms. The van der Waals surface area contributed by atoms with Gasteiger partial charge in [-0.15, -0.1) is 0 Å². The Balaban J connectivity index is 1.80. The standard InChI is InChI=1S/C14H25N5S/c1-2-20-11-4-13(12-15)18-7-9-19(10-8-18)14-16-5-3-6-17-14/h3,5-6,13H,2,4,7-12,15H2,1H3. The van der Waals surface area contributed by atoms with Crippen molar-refractivity contribution in [2.45, 2.75) is 19.4 Å². The smallest absolute Gasteiger partial charge is 0.225 e. The largest absolute Gasteiger partial charge is 0.338 e. The number of anilines is 1. The van der Waals surface area contributed by atoms with Crippen molar-refractivity contribution >= 4 is 17.7 Å². The number of nitrogens with zero attached hydrogens (tertiary/aromatic N) is 4. The zero-order chi connectivity index (χ0) is 14.2. The van der Waals surface area contributed by atoms with Crippen molar-refractivity contribution < 1.29 is 0 Å². The molecule has 1 atom stereocenters. The first-order valence-electron chi connectivity index (χ1n) is 7.39. The summed E-state index contributed by atoms with van der Waals surface area (Å²) in [5.41, 5.74) is 5.94. The third-order valence-electron chi connectivity index (χ3n) is 3.74. The van der Waals surface area contributed by atoms with Crippen LogP contribution in [0.5, 0.6) is 0 Å². The normalized spacial score (nSPS) is 18.2. The van der Waals surface area contributed by atoms with E-state index >= 15 is 0 Å². The summed E-state index contributed by atoms with van der Waals surface area (Å²) in [4.78, 5) is 13.4. The maximum absolute atomic E-state index is 5.94. The molecule has 0 aliphatic carbocycles. The third-order valence-corrected chi connectivity index (χ3v) is 4.67. The van der Waals surface area contributed by atoms with Gasteiger partial charge in [-0.1, -0.05) is 6.92 Å². The molecule has 20 heavy (non-hydrogen) atoms. The van der Waals surface area contributed by atoms with Crippen molar-refractivity contribution in [3.05, 3.63) is 18.5 Å². The Bertz CT molecular complexity index is 367. The second-order valence-corrected chi connectivity index (χ2v) is 6.34. The predicted octanol–water partition coefficient (Wildman–Crippen LogP) is 1.07. The van der Waals surface area contributed by atoms with Crippen molar-refractivity contribution in [1.82, 2.24) is 14.9 Å². The summed E-state index contributed by atoms with van der Waals surface area (Å²) in [5, 5.41) is 0. The number of piperazine rings is 1. The van der Waals surface area contributed by atoms with Crippen LogP contribution in [0.1, 0.15) is 13.3 Å². The second kappa shape index (κ2) is 8.44. The Labute approximate surface area is 125 Å². The van der Waals surface area contributed by atoms with Crippen LogP contribution in [-0.2, 0) is 0 Å². The molecule has 1 fully saturated rings. The second-order valence-electron chi connectivity index (χ2n) is 4.95. The van der Waals surface area contributed by atoms with Gasteiger partial charge in [-0.05, 0) is 24.0 Å². The summed E-state index contributed by atoms with van der Waals surface area (Å²) in [7, 11) is 0. The molecule has 1 aromatic rings. The van der Waals surface area contributed by atoms with Gasteiger partial charge in [0, 0.05) is 51.2 Å². The molecule has 0 radical (unpaired) electrons. The van der Waals surface area contributed by atoms with Gasteiger partial charge in [-0.2, -0.15) is 11.8 Å². The quantitative estimate of drug-likeness (QED) is 0.759. The molecular weight excluding hydrogens is 270 g/mol. The Morgan fingerprint density at radius 1 is 1.25 bits per heavy atom. The lowest BCUT2D eigenvalue weighted by atomic mass is 10.1. The van der Waals surface area contributed by atoms with Crippen molar-refractivity contribution in [2.24, 2.45) is 5.73 Å². The number of thioether (sulfide) groups is 1. The minimum Gasteiger partial charge on any atom is -0.338 e. The first-order chi connectivity index (χ1) is 9.85. The van der Waals surface area contributed by atoms with Crippen LogP contribution in [0.4, 0.5) is 5.95 Å². The molecule has 1 aliphatic rings. The van der Waals surface area contributed by atoms with E-state index in [1.165, 1.54) is 17.9 Å². The van der Waals surface area contributed by atoms with Gasteiger partial charge in [-0.25, -0.2) is 9.97 Å². The minimum atomic E-state index is 0.521. The zero-order valence-corrected chi connectivity index (χ0v) is 13.1. The van der Waals surface area contributed by atoms with Crippen molar-refractivity contribution in [3.8, 4) is 0 Å². The maximum atomic E-state index is 5.94. The monoisotopic (exact) mass is 295 g/mol. The first-order valence-corrected chi connectivity index (χ1v) is 8.54. The average molecular weight is 295 g/mol. The average Bonchev–Trinajstić information content (AvgIpc) is 2.53. The highest BCUT2D eigenvalue weighted by atomic mass is 32.2.